The van der Waals surface area contributed by atoms with Gasteiger partial charge in [-0.15, -0.1) is 5.10 Å². The predicted octanol–water partition coefficient (Wildman–Crippen LogP) is 2.71. The number of tetrazole rings is 1. The Kier molecular flexibility index (Phi) is 4.21. The van der Waals surface area contributed by atoms with Crippen molar-refractivity contribution in [2.75, 3.05) is 11.9 Å². The summed E-state index contributed by atoms with van der Waals surface area (Å²) in [4.78, 5) is 0. The maximum Gasteiger partial charge on any atom is 0.143 e. The zero-order valence-electron chi connectivity index (χ0n) is 11.7. The minimum absolute atomic E-state index is 0.938. The maximum atomic E-state index is 3.89. The van der Waals surface area contributed by atoms with Gasteiger partial charge in [0.15, 0.2) is 0 Å². The van der Waals surface area contributed by atoms with Gasteiger partial charge in [0.2, 0.25) is 0 Å². The highest BCUT2D eigenvalue weighted by Crippen LogP contribution is 2.13. The van der Waals surface area contributed by atoms with Crippen molar-refractivity contribution in [3.05, 3.63) is 66.5 Å². The van der Waals surface area contributed by atoms with E-state index in [1.807, 2.05) is 24.3 Å². The van der Waals surface area contributed by atoms with Crippen LogP contribution in [0.3, 0.4) is 0 Å². The van der Waals surface area contributed by atoms with Gasteiger partial charge in [0.1, 0.15) is 6.33 Å². The van der Waals surface area contributed by atoms with E-state index in [-0.39, 0.29) is 0 Å². The summed E-state index contributed by atoms with van der Waals surface area (Å²) in [6.07, 6.45) is 3.77. The highest BCUT2D eigenvalue weighted by molar-refractivity contribution is 5.50. The number of hydrogen-bond donors (Lipinski definition) is 1. The Bertz CT molecular complexity index is 664. The van der Waals surface area contributed by atoms with Gasteiger partial charge in [0.05, 0.1) is 5.69 Å². The lowest BCUT2D eigenvalue weighted by molar-refractivity contribution is 0.789. The summed E-state index contributed by atoms with van der Waals surface area (Å²) in [6.45, 7) is 0.938. The summed E-state index contributed by atoms with van der Waals surface area (Å²) < 4.78 is 1.65. The zero-order valence-corrected chi connectivity index (χ0v) is 11.7. The number of benzene rings is 2. The third kappa shape index (κ3) is 3.66. The molecule has 106 valence electrons. The van der Waals surface area contributed by atoms with Gasteiger partial charge in [-0.2, -0.15) is 0 Å². The molecule has 0 bridgehead atoms. The molecule has 1 aromatic heterocycles. The standard InChI is InChI=1S/C16H17N5/c1-2-6-14(7-3-1)8-5-11-17-15-9-4-10-16(12-15)21-13-18-19-20-21/h1-4,6-7,9-10,12-13,17H,5,8,11H2. The summed E-state index contributed by atoms with van der Waals surface area (Å²) in [5, 5.41) is 14.6. The van der Waals surface area contributed by atoms with Crippen molar-refractivity contribution < 1.29 is 0 Å². The van der Waals surface area contributed by atoms with E-state index in [2.05, 4.69) is 51.2 Å². The molecule has 5 nitrogen and oxygen atoms in total. The molecule has 0 radical (unpaired) electrons. The van der Waals surface area contributed by atoms with E-state index in [1.165, 1.54) is 5.56 Å². The summed E-state index contributed by atoms with van der Waals surface area (Å²) in [5.41, 5.74) is 3.41. The Balaban J connectivity index is 1.53. The fourth-order valence-corrected chi connectivity index (χ4v) is 2.21. The van der Waals surface area contributed by atoms with Crippen molar-refractivity contribution >= 4 is 5.69 Å². The average Bonchev–Trinajstić information content (AvgIpc) is 3.07. The Labute approximate surface area is 123 Å². The number of anilines is 1. The first kappa shape index (κ1) is 13.3. The Morgan fingerprint density at radius 2 is 1.90 bits per heavy atom. The number of hydrogen-bond acceptors (Lipinski definition) is 4. The van der Waals surface area contributed by atoms with Crippen LogP contribution >= 0.6 is 0 Å². The smallest absolute Gasteiger partial charge is 0.143 e. The molecule has 2 aromatic carbocycles. The summed E-state index contributed by atoms with van der Waals surface area (Å²) in [5.74, 6) is 0. The van der Waals surface area contributed by atoms with E-state index < -0.39 is 0 Å². The van der Waals surface area contributed by atoms with Crippen LogP contribution in [0.15, 0.2) is 60.9 Å². The molecule has 3 rings (SSSR count). The van der Waals surface area contributed by atoms with E-state index >= 15 is 0 Å². The van der Waals surface area contributed by atoms with Crippen molar-refractivity contribution in [1.82, 2.24) is 20.2 Å². The SMILES string of the molecule is c1ccc(CCCNc2cccc(-n3cnnn3)c2)cc1. The van der Waals surface area contributed by atoms with Crippen LogP contribution < -0.4 is 5.32 Å². The maximum absolute atomic E-state index is 3.89. The monoisotopic (exact) mass is 279 g/mol. The van der Waals surface area contributed by atoms with Crippen LogP contribution in [0.2, 0.25) is 0 Å². The molecule has 3 aromatic rings. The highest BCUT2D eigenvalue weighted by atomic mass is 15.5. The zero-order chi connectivity index (χ0) is 14.3. The molecule has 0 saturated carbocycles. The molecular formula is C16H17N5. The molecule has 0 aliphatic carbocycles. The van der Waals surface area contributed by atoms with Crippen LogP contribution in [0.4, 0.5) is 5.69 Å². The number of aryl methyl sites for hydroxylation is 1. The Hall–Kier alpha value is -2.69. The second-order valence-corrected chi connectivity index (χ2v) is 4.82. The average molecular weight is 279 g/mol. The first-order valence-electron chi connectivity index (χ1n) is 7.03. The minimum atomic E-state index is 0.938. The van der Waals surface area contributed by atoms with Gasteiger partial charge in [-0.3, -0.25) is 0 Å². The van der Waals surface area contributed by atoms with Gasteiger partial charge in [0, 0.05) is 12.2 Å². The Morgan fingerprint density at radius 1 is 1.00 bits per heavy atom. The van der Waals surface area contributed by atoms with Gasteiger partial charge in [-0.1, -0.05) is 36.4 Å². The summed E-state index contributed by atoms with van der Waals surface area (Å²) in [6, 6.07) is 18.6. The molecule has 0 aliphatic rings. The molecule has 0 unspecified atom stereocenters. The highest BCUT2D eigenvalue weighted by Gasteiger charge is 1.99. The van der Waals surface area contributed by atoms with Gasteiger partial charge < -0.3 is 5.32 Å². The van der Waals surface area contributed by atoms with Crippen LogP contribution in [-0.4, -0.2) is 26.8 Å². The summed E-state index contributed by atoms with van der Waals surface area (Å²) >= 11 is 0. The van der Waals surface area contributed by atoms with Crippen molar-refractivity contribution in [2.45, 2.75) is 12.8 Å². The molecule has 0 atom stereocenters. The molecule has 0 saturated heterocycles. The topological polar surface area (TPSA) is 55.6 Å². The van der Waals surface area contributed by atoms with Crippen molar-refractivity contribution in [3.8, 4) is 5.69 Å². The molecular weight excluding hydrogens is 262 g/mol. The second-order valence-electron chi connectivity index (χ2n) is 4.82. The second kappa shape index (κ2) is 6.65. The molecule has 0 aliphatic heterocycles. The van der Waals surface area contributed by atoms with Gasteiger partial charge in [0.25, 0.3) is 0 Å². The molecule has 1 N–H and O–H groups in total. The lowest BCUT2D eigenvalue weighted by Gasteiger charge is -2.08. The van der Waals surface area contributed by atoms with Crippen LogP contribution in [-0.2, 0) is 6.42 Å². The predicted molar refractivity (Wildman–Crippen MR) is 82.4 cm³/mol. The molecule has 0 amide bonds. The van der Waals surface area contributed by atoms with Crippen molar-refractivity contribution in [2.24, 2.45) is 0 Å². The largest absolute Gasteiger partial charge is 0.385 e. The van der Waals surface area contributed by atoms with E-state index in [9.17, 15) is 0 Å². The van der Waals surface area contributed by atoms with Gasteiger partial charge in [-0.25, -0.2) is 4.68 Å². The molecule has 0 fully saturated rings. The van der Waals surface area contributed by atoms with E-state index in [1.54, 1.807) is 11.0 Å². The molecule has 5 heteroatoms. The van der Waals surface area contributed by atoms with Crippen LogP contribution in [0, 0.1) is 0 Å². The van der Waals surface area contributed by atoms with E-state index in [0.29, 0.717) is 0 Å². The number of rotatable bonds is 6. The van der Waals surface area contributed by atoms with E-state index in [4.69, 9.17) is 0 Å². The van der Waals surface area contributed by atoms with Crippen LogP contribution in [0.5, 0.6) is 0 Å². The van der Waals surface area contributed by atoms with E-state index in [0.717, 1.165) is 30.8 Å². The molecule has 1 heterocycles. The molecule has 0 spiro atoms. The fourth-order valence-electron chi connectivity index (χ4n) is 2.21. The fraction of sp³-hybridized carbons (Fsp3) is 0.188. The lowest BCUT2D eigenvalue weighted by atomic mass is 10.1. The van der Waals surface area contributed by atoms with Crippen molar-refractivity contribution in [3.63, 3.8) is 0 Å². The first-order chi connectivity index (χ1) is 10.4. The minimum Gasteiger partial charge on any atom is -0.385 e. The third-order valence-electron chi connectivity index (χ3n) is 3.27. The lowest BCUT2D eigenvalue weighted by Crippen LogP contribution is -2.04. The quantitative estimate of drug-likeness (QED) is 0.705. The summed E-state index contributed by atoms with van der Waals surface area (Å²) in [7, 11) is 0. The number of aromatic nitrogens is 4. The normalized spacial score (nSPS) is 10.5. The van der Waals surface area contributed by atoms with Gasteiger partial charge >= 0.3 is 0 Å². The number of nitrogens with zero attached hydrogens (tertiary/aromatic N) is 4. The van der Waals surface area contributed by atoms with Crippen molar-refractivity contribution in [1.29, 1.82) is 0 Å². The van der Waals surface area contributed by atoms with Gasteiger partial charge in [-0.05, 0) is 47.0 Å². The van der Waals surface area contributed by atoms with Crippen LogP contribution in [0.25, 0.3) is 5.69 Å². The third-order valence-corrected chi connectivity index (χ3v) is 3.27. The van der Waals surface area contributed by atoms with Crippen LogP contribution in [0.1, 0.15) is 12.0 Å². The number of nitrogens with one attached hydrogen (secondary N) is 1. The first-order valence-corrected chi connectivity index (χ1v) is 7.03. The Morgan fingerprint density at radius 3 is 2.71 bits per heavy atom. The molecule has 21 heavy (non-hydrogen) atoms.